The molecule has 4 rings (SSSR count). The van der Waals surface area contributed by atoms with Gasteiger partial charge in [-0.2, -0.15) is 5.10 Å². The molecule has 6 nitrogen and oxygen atoms in total. The van der Waals surface area contributed by atoms with Gasteiger partial charge in [-0.3, -0.25) is 9.48 Å². The molecule has 6 heteroatoms. The van der Waals surface area contributed by atoms with E-state index in [1.165, 1.54) is 0 Å². The molecule has 1 atom stereocenters. The number of amides is 1. The molecule has 0 unspecified atom stereocenters. The molecule has 0 saturated heterocycles. The van der Waals surface area contributed by atoms with Crippen molar-refractivity contribution in [3.05, 3.63) is 66.2 Å². The molecular formula is C20H21N3O3. The highest BCUT2D eigenvalue weighted by Crippen LogP contribution is 2.38. The lowest BCUT2D eigenvalue weighted by atomic mass is 9.75. The van der Waals surface area contributed by atoms with E-state index < -0.39 is 0 Å². The van der Waals surface area contributed by atoms with Crippen LogP contribution in [0.15, 0.2) is 59.5 Å². The Morgan fingerprint density at radius 2 is 2.19 bits per heavy atom. The highest BCUT2D eigenvalue weighted by atomic mass is 16.3. The van der Waals surface area contributed by atoms with Crippen LogP contribution in [-0.4, -0.2) is 26.9 Å². The second-order valence-electron chi connectivity index (χ2n) is 6.84. The number of aromatic nitrogens is 2. The van der Waals surface area contributed by atoms with Gasteiger partial charge in [-0.1, -0.05) is 12.1 Å². The first kappa shape index (κ1) is 16.6. The number of aliphatic hydroxyl groups excluding tert-OH is 1. The zero-order chi connectivity index (χ0) is 18.1. The van der Waals surface area contributed by atoms with E-state index >= 15 is 0 Å². The lowest BCUT2D eigenvalue weighted by Gasteiger charge is -2.37. The van der Waals surface area contributed by atoms with Crippen LogP contribution in [0, 0.1) is 5.92 Å². The molecule has 0 bridgehead atoms. The molecule has 0 spiro atoms. The molecular weight excluding hydrogens is 330 g/mol. The summed E-state index contributed by atoms with van der Waals surface area (Å²) in [6, 6.07) is 10.9. The third-order valence-corrected chi connectivity index (χ3v) is 4.92. The molecule has 1 aliphatic carbocycles. The maximum absolute atomic E-state index is 12.9. The number of hydrogen-bond donors (Lipinski definition) is 2. The molecule has 3 aromatic rings. The van der Waals surface area contributed by atoms with Crippen LogP contribution in [-0.2, 0) is 7.05 Å². The largest absolute Gasteiger partial charge is 0.464 e. The quantitative estimate of drug-likeness (QED) is 0.741. The zero-order valence-electron chi connectivity index (χ0n) is 14.5. The maximum atomic E-state index is 12.9. The number of carbonyl (C=O) groups is 1. The number of nitrogens with one attached hydrogen (secondary N) is 1. The Morgan fingerprint density at radius 3 is 2.85 bits per heavy atom. The predicted molar refractivity (Wildman–Crippen MR) is 96.3 cm³/mol. The average molecular weight is 351 g/mol. The maximum Gasteiger partial charge on any atom is 0.251 e. The van der Waals surface area contributed by atoms with Gasteiger partial charge in [0.25, 0.3) is 5.91 Å². The molecule has 0 radical (unpaired) electrons. The Morgan fingerprint density at radius 1 is 1.35 bits per heavy atom. The summed E-state index contributed by atoms with van der Waals surface area (Å²) in [6.07, 6.45) is 6.39. The summed E-state index contributed by atoms with van der Waals surface area (Å²) in [4.78, 5) is 12.9. The molecule has 1 saturated carbocycles. The standard InChI is InChI=1S/C20H21N3O3/c1-23-12-16(11-21-23)19(15-9-17(24)10-15)22-20(25)14-5-2-4-13(8-14)18-6-3-7-26-18/h2-8,11-12,15,17,19,24H,9-10H2,1H3,(H,22,25)/t15?,17?,19-/m1/s1. The van der Waals surface area contributed by atoms with Crippen molar-refractivity contribution in [1.29, 1.82) is 0 Å². The Balaban J connectivity index is 1.56. The van der Waals surface area contributed by atoms with Crippen LogP contribution in [0.5, 0.6) is 0 Å². The first-order valence-corrected chi connectivity index (χ1v) is 8.71. The number of nitrogens with zero attached hydrogens (tertiary/aromatic N) is 2. The fraction of sp³-hybridized carbons (Fsp3) is 0.300. The van der Waals surface area contributed by atoms with Crippen molar-refractivity contribution >= 4 is 5.91 Å². The van der Waals surface area contributed by atoms with Crippen molar-refractivity contribution < 1.29 is 14.3 Å². The summed E-state index contributed by atoms with van der Waals surface area (Å²) in [6.45, 7) is 0. The van der Waals surface area contributed by atoms with E-state index in [4.69, 9.17) is 4.42 Å². The van der Waals surface area contributed by atoms with Gasteiger partial charge in [0.15, 0.2) is 0 Å². The van der Waals surface area contributed by atoms with Gasteiger partial charge in [-0.15, -0.1) is 0 Å². The average Bonchev–Trinajstić information content (AvgIpc) is 3.29. The van der Waals surface area contributed by atoms with E-state index in [2.05, 4.69) is 10.4 Å². The monoisotopic (exact) mass is 351 g/mol. The van der Waals surface area contributed by atoms with Crippen LogP contribution in [0.25, 0.3) is 11.3 Å². The molecule has 0 aliphatic heterocycles. The number of aryl methyl sites for hydroxylation is 1. The minimum absolute atomic E-state index is 0.145. The normalized spacial score (nSPS) is 20.4. The summed E-state index contributed by atoms with van der Waals surface area (Å²) >= 11 is 0. The van der Waals surface area contributed by atoms with Gasteiger partial charge in [0.2, 0.25) is 0 Å². The van der Waals surface area contributed by atoms with Crippen molar-refractivity contribution in [2.75, 3.05) is 0 Å². The van der Waals surface area contributed by atoms with E-state index in [-0.39, 0.29) is 24.0 Å². The van der Waals surface area contributed by atoms with Gasteiger partial charge >= 0.3 is 0 Å². The van der Waals surface area contributed by atoms with E-state index in [1.807, 2.05) is 43.6 Å². The SMILES string of the molecule is Cn1cc([C@H](NC(=O)c2cccc(-c3ccco3)c2)C2CC(O)C2)cn1. The Hall–Kier alpha value is -2.86. The van der Waals surface area contributed by atoms with Crippen molar-refractivity contribution in [1.82, 2.24) is 15.1 Å². The second kappa shape index (κ2) is 6.80. The van der Waals surface area contributed by atoms with Crippen LogP contribution in [0.1, 0.15) is 34.8 Å². The highest BCUT2D eigenvalue weighted by molar-refractivity contribution is 5.95. The Bertz CT molecular complexity index is 895. The number of aliphatic hydroxyl groups is 1. The van der Waals surface area contributed by atoms with Crippen molar-refractivity contribution in [3.8, 4) is 11.3 Å². The molecule has 1 amide bonds. The predicted octanol–water partition coefficient (Wildman–Crippen LogP) is 2.92. The van der Waals surface area contributed by atoms with Gasteiger partial charge in [0.1, 0.15) is 5.76 Å². The molecule has 1 aliphatic rings. The van der Waals surface area contributed by atoms with Gasteiger partial charge < -0.3 is 14.8 Å². The fourth-order valence-corrected chi connectivity index (χ4v) is 3.46. The molecule has 134 valence electrons. The van der Waals surface area contributed by atoms with Crippen LogP contribution >= 0.6 is 0 Å². The Labute approximate surface area is 151 Å². The minimum atomic E-state index is -0.279. The van der Waals surface area contributed by atoms with Crippen molar-refractivity contribution in [3.63, 3.8) is 0 Å². The lowest BCUT2D eigenvalue weighted by molar-refractivity contribution is 0.0235. The van der Waals surface area contributed by atoms with Gasteiger partial charge in [-0.05, 0) is 43.0 Å². The first-order chi connectivity index (χ1) is 12.6. The fourth-order valence-electron chi connectivity index (χ4n) is 3.46. The molecule has 2 N–H and O–H groups in total. The van der Waals surface area contributed by atoms with Crippen LogP contribution in [0.2, 0.25) is 0 Å². The van der Waals surface area contributed by atoms with Crippen LogP contribution < -0.4 is 5.32 Å². The molecule has 1 aromatic carbocycles. The number of hydrogen-bond acceptors (Lipinski definition) is 4. The molecule has 26 heavy (non-hydrogen) atoms. The van der Waals surface area contributed by atoms with Gasteiger partial charge in [0, 0.05) is 29.9 Å². The van der Waals surface area contributed by atoms with E-state index in [0.717, 1.165) is 16.9 Å². The summed E-state index contributed by atoms with van der Waals surface area (Å²) in [5.74, 6) is 0.797. The summed E-state index contributed by atoms with van der Waals surface area (Å²) in [5.41, 5.74) is 2.40. The smallest absolute Gasteiger partial charge is 0.251 e. The number of furan rings is 1. The Kier molecular flexibility index (Phi) is 4.34. The number of benzene rings is 1. The summed E-state index contributed by atoms with van der Waals surface area (Å²) < 4.78 is 7.14. The number of rotatable bonds is 5. The van der Waals surface area contributed by atoms with E-state index in [0.29, 0.717) is 18.4 Å². The zero-order valence-corrected chi connectivity index (χ0v) is 14.5. The third kappa shape index (κ3) is 3.28. The molecule has 1 fully saturated rings. The summed E-state index contributed by atoms with van der Waals surface area (Å²) in [5, 5.41) is 17.0. The van der Waals surface area contributed by atoms with Crippen LogP contribution in [0.4, 0.5) is 0 Å². The second-order valence-corrected chi connectivity index (χ2v) is 6.84. The highest BCUT2D eigenvalue weighted by Gasteiger charge is 2.36. The van der Waals surface area contributed by atoms with Crippen molar-refractivity contribution in [2.24, 2.45) is 13.0 Å². The minimum Gasteiger partial charge on any atom is -0.464 e. The van der Waals surface area contributed by atoms with Crippen molar-refractivity contribution in [2.45, 2.75) is 25.0 Å². The third-order valence-electron chi connectivity index (χ3n) is 4.92. The number of carbonyl (C=O) groups excluding carboxylic acids is 1. The molecule has 2 aromatic heterocycles. The molecule has 2 heterocycles. The first-order valence-electron chi connectivity index (χ1n) is 8.71. The topological polar surface area (TPSA) is 80.3 Å². The summed E-state index contributed by atoms with van der Waals surface area (Å²) in [7, 11) is 1.85. The van der Waals surface area contributed by atoms with Gasteiger partial charge in [0.05, 0.1) is 24.6 Å². The lowest BCUT2D eigenvalue weighted by Crippen LogP contribution is -2.41. The van der Waals surface area contributed by atoms with Gasteiger partial charge in [-0.25, -0.2) is 0 Å². The van der Waals surface area contributed by atoms with Crippen LogP contribution in [0.3, 0.4) is 0 Å². The van der Waals surface area contributed by atoms with E-state index in [1.54, 1.807) is 23.2 Å². The van der Waals surface area contributed by atoms with E-state index in [9.17, 15) is 9.90 Å².